The summed E-state index contributed by atoms with van der Waals surface area (Å²) in [4.78, 5) is 59.4. The van der Waals surface area contributed by atoms with E-state index >= 15 is 0 Å². The quantitative estimate of drug-likeness (QED) is 0.0146. The number of esters is 3. The van der Waals surface area contributed by atoms with Crippen molar-refractivity contribution in [3.63, 3.8) is 0 Å². The van der Waals surface area contributed by atoms with Gasteiger partial charge in [-0.25, -0.2) is 9.13 Å². The molecule has 0 fully saturated rings. The van der Waals surface area contributed by atoms with Crippen molar-refractivity contribution in [1.29, 1.82) is 0 Å². The fourth-order valence-corrected chi connectivity index (χ4v) is 17.5. The van der Waals surface area contributed by atoms with E-state index in [1.54, 1.807) is 0 Å². The topological polar surface area (TPSA) is 231 Å². The SMILES string of the molecule is CC/C=C\C/C=C\C/C=C\C/C=C\C/C=C\C/C=C\CCCCCCCCCCCCCCCCCCC(=O)OCC(O)COP(=O)(O)OCC(O)COP(=O)(O)OCC(COC(=O)CCCCCCCCCCCCCCCCCCCCC/C=C\C/C=C\C/C=C\C/C=C\C/C=C\CC)OC(=O)CCCCCCCCCCCCCCCCCCC/C=C\C/C=C\C/C=C\C/C=C\C/C=C\CC. The highest BCUT2D eigenvalue weighted by Crippen LogP contribution is 2.45. The third-order valence-electron chi connectivity index (χ3n) is 24.3. The molecule has 0 radical (unpaired) electrons. The molecule has 0 aromatic heterocycles. The van der Waals surface area contributed by atoms with Crippen molar-refractivity contribution >= 4 is 33.6 Å². The zero-order valence-corrected chi connectivity index (χ0v) is 90.6. The van der Waals surface area contributed by atoms with Crippen molar-refractivity contribution in [2.24, 2.45) is 0 Å². The molecule has 0 aromatic carbocycles. The minimum atomic E-state index is -4.95. The number of aliphatic hydroxyl groups excluding tert-OH is 2. The summed E-state index contributed by atoms with van der Waals surface area (Å²) in [5, 5.41) is 20.9. The van der Waals surface area contributed by atoms with E-state index in [4.69, 9.17) is 32.3 Å². The molecule has 0 saturated carbocycles. The molecule has 0 heterocycles. The summed E-state index contributed by atoms with van der Waals surface area (Å²) < 4.78 is 61.9. The van der Waals surface area contributed by atoms with E-state index in [1.807, 2.05) is 0 Å². The second kappa shape index (κ2) is 111. The summed E-state index contributed by atoms with van der Waals surface area (Å²) in [7, 11) is -9.82. The van der Waals surface area contributed by atoms with Crippen molar-refractivity contribution in [1.82, 2.24) is 0 Å². The molecule has 0 aliphatic heterocycles. The lowest BCUT2D eigenvalue weighted by molar-refractivity contribution is -0.161. The number of aliphatic hydroxyl groups is 2. The minimum absolute atomic E-state index is 0.104. The van der Waals surface area contributed by atoms with Gasteiger partial charge in [0, 0.05) is 19.3 Å². The summed E-state index contributed by atoms with van der Waals surface area (Å²) in [5.74, 6) is -1.55. The Kier molecular flexibility index (Phi) is 107. The van der Waals surface area contributed by atoms with Gasteiger partial charge in [-0.15, -0.1) is 0 Å². The first-order valence-corrected chi connectivity index (χ1v) is 59.7. The van der Waals surface area contributed by atoms with Gasteiger partial charge >= 0.3 is 33.6 Å². The van der Waals surface area contributed by atoms with Crippen LogP contribution >= 0.6 is 15.6 Å². The van der Waals surface area contributed by atoms with Crippen molar-refractivity contribution in [3.8, 4) is 0 Å². The molecule has 18 heteroatoms. The van der Waals surface area contributed by atoms with Gasteiger partial charge in [0.1, 0.15) is 25.4 Å². The largest absolute Gasteiger partial charge is 0.472 e. The van der Waals surface area contributed by atoms with Crippen LogP contribution in [0.1, 0.15) is 496 Å². The van der Waals surface area contributed by atoms with Gasteiger partial charge in [0.2, 0.25) is 0 Å². The van der Waals surface area contributed by atoms with Gasteiger partial charge < -0.3 is 34.2 Å². The van der Waals surface area contributed by atoms with E-state index in [-0.39, 0.29) is 19.3 Å². The van der Waals surface area contributed by atoms with E-state index in [2.05, 4.69) is 215 Å². The van der Waals surface area contributed by atoms with Gasteiger partial charge in [0.15, 0.2) is 6.10 Å². The highest BCUT2D eigenvalue weighted by molar-refractivity contribution is 7.47. The number of phosphoric ester groups is 2. The maximum absolute atomic E-state index is 13.2. The predicted molar refractivity (Wildman–Crippen MR) is 592 cm³/mol. The summed E-state index contributed by atoms with van der Waals surface area (Å²) in [5.41, 5.74) is 0. The molecule has 139 heavy (non-hydrogen) atoms. The van der Waals surface area contributed by atoms with Gasteiger partial charge in [0.05, 0.1) is 26.4 Å². The van der Waals surface area contributed by atoms with Crippen LogP contribution in [0.3, 0.4) is 0 Å². The lowest BCUT2D eigenvalue weighted by atomic mass is 10.0. The monoisotopic (exact) mass is 1980 g/mol. The van der Waals surface area contributed by atoms with Crippen molar-refractivity contribution in [2.45, 2.75) is 514 Å². The van der Waals surface area contributed by atoms with Crippen LogP contribution in [0, 0.1) is 0 Å². The number of hydrogen-bond acceptors (Lipinski definition) is 14. The first-order valence-electron chi connectivity index (χ1n) is 56.7. The maximum Gasteiger partial charge on any atom is 0.472 e. The summed E-state index contributed by atoms with van der Waals surface area (Å²) in [6.07, 6.45) is 151. The van der Waals surface area contributed by atoms with Crippen LogP contribution in [0.4, 0.5) is 0 Å². The third-order valence-corrected chi connectivity index (χ3v) is 26.2. The number of rotatable bonds is 107. The summed E-state index contributed by atoms with van der Waals surface area (Å²) >= 11 is 0. The van der Waals surface area contributed by atoms with Crippen LogP contribution in [-0.4, -0.2) is 95.9 Å². The lowest BCUT2D eigenvalue weighted by Crippen LogP contribution is -2.30. The molecule has 0 saturated heterocycles. The Hall–Kier alpha value is -5.61. The molecule has 0 aliphatic rings. The van der Waals surface area contributed by atoms with Gasteiger partial charge in [-0.3, -0.25) is 32.5 Å². The Morgan fingerprint density at radius 1 is 0.201 bits per heavy atom. The Labute approximate surface area is 852 Å². The highest BCUT2D eigenvalue weighted by Gasteiger charge is 2.30. The van der Waals surface area contributed by atoms with Crippen LogP contribution < -0.4 is 0 Å². The fourth-order valence-electron chi connectivity index (χ4n) is 15.9. The Morgan fingerprint density at radius 2 is 0.360 bits per heavy atom. The van der Waals surface area contributed by atoms with Crippen molar-refractivity contribution in [3.05, 3.63) is 194 Å². The molecule has 0 aliphatic carbocycles. The number of unbranched alkanes of at least 4 members (excludes halogenated alkanes) is 52. The van der Waals surface area contributed by atoms with Crippen LogP contribution in [0.5, 0.6) is 0 Å². The lowest BCUT2D eigenvalue weighted by Gasteiger charge is -2.21. The zero-order chi connectivity index (χ0) is 101. The molecular formula is C121H208O16P2. The first-order chi connectivity index (χ1) is 68.2. The van der Waals surface area contributed by atoms with Gasteiger partial charge in [-0.1, -0.05) is 511 Å². The Bertz CT molecular complexity index is 3310. The van der Waals surface area contributed by atoms with Crippen LogP contribution in [0.15, 0.2) is 194 Å². The molecule has 4 N–H and O–H groups in total. The van der Waals surface area contributed by atoms with E-state index < -0.39 is 91.5 Å². The summed E-state index contributed by atoms with van der Waals surface area (Å²) in [6, 6.07) is 0. The number of allylic oxidation sites excluding steroid dienone is 32. The Morgan fingerprint density at radius 3 is 0.568 bits per heavy atom. The second-order valence-corrected chi connectivity index (χ2v) is 40.6. The number of ether oxygens (including phenoxy) is 3. The molecule has 0 rings (SSSR count). The molecule has 5 atom stereocenters. The van der Waals surface area contributed by atoms with Crippen LogP contribution in [-0.2, 0) is 55.8 Å². The number of carbonyl (C=O) groups is 3. The Balaban J connectivity index is 4.59. The normalized spacial score (nSPS) is 14.3. The second-order valence-electron chi connectivity index (χ2n) is 37.7. The van der Waals surface area contributed by atoms with Gasteiger partial charge in [0.25, 0.3) is 0 Å². The van der Waals surface area contributed by atoms with Gasteiger partial charge in [-0.05, 0) is 161 Å². The number of carbonyl (C=O) groups excluding carboxylic acids is 3. The molecule has 0 aromatic rings. The molecule has 0 bridgehead atoms. The molecule has 0 spiro atoms. The van der Waals surface area contributed by atoms with Crippen molar-refractivity contribution < 1.29 is 75.8 Å². The van der Waals surface area contributed by atoms with Crippen LogP contribution in [0.25, 0.3) is 0 Å². The zero-order valence-electron chi connectivity index (χ0n) is 88.9. The van der Waals surface area contributed by atoms with E-state index in [1.165, 1.54) is 270 Å². The summed E-state index contributed by atoms with van der Waals surface area (Å²) in [6.45, 7) is 2.44. The van der Waals surface area contributed by atoms with E-state index in [0.717, 1.165) is 167 Å². The molecule has 0 amide bonds. The number of phosphoric acid groups is 2. The standard InChI is InChI=1S/C121H208O16P2/c1-4-7-10-13-16-19-22-25-28-31-34-37-40-43-46-49-52-55-57-60-62-65-68-71-74-77-80-83-86-89-92-95-98-101-104-107-119(124)131-110-116(122)111-133-138(127,128)134-112-117(123)113-135-139(129,130)136-115-118(137-121(126)109-106-103-100-97-94-91-88-85-82-79-76-73-70-67-64-59-54-51-48-45-42-39-36-33-30-27-24-21-18-15-12-9-6-3)114-132-120(125)108-105-102-99-96-93-90-87-84-81-78-75-72-69-66-63-61-58-56-53-50-47-44-41-38-35-32-29-26-23-20-17-14-11-8-5-2/h7-12,16-21,25-30,34-39,43-48,52,55,116-118,122-123H,4-6,13-15,22-24,31-33,40-42,49-51,53-54,56-115H2,1-3H3,(H,127,128)(H,129,130)/b10-7-,11-8-,12-9-,19-16-,20-17-,21-18-,28-25-,29-26-,30-27-,37-34-,38-35-,39-36-,46-43-,47-44-,48-45-,55-52-. The van der Waals surface area contributed by atoms with Crippen molar-refractivity contribution in [2.75, 3.05) is 39.6 Å². The van der Waals surface area contributed by atoms with Crippen LogP contribution in [0.2, 0.25) is 0 Å². The fraction of sp³-hybridized carbons (Fsp3) is 0.711. The first kappa shape index (κ1) is 133. The minimum Gasteiger partial charge on any atom is -0.463 e. The average Bonchev–Trinajstić information content (AvgIpc) is 0.891. The van der Waals surface area contributed by atoms with E-state index in [9.17, 15) is 43.5 Å². The van der Waals surface area contributed by atoms with Gasteiger partial charge in [-0.2, -0.15) is 0 Å². The van der Waals surface area contributed by atoms with E-state index in [0.29, 0.717) is 19.3 Å². The molecule has 16 nitrogen and oxygen atoms in total. The number of hydrogen-bond donors (Lipinski definition) is 4. The maximum atomic E-state index is 13.2. The molecule has 5 unspecified atom stereocenters. The smallest absolute Gasteiger partial charge is 0.463 e. The third kappa shape index (κ3) is 113. The highest BCUT2D eigenvalue weighted by atomic mass is 31.2. The molecular weight excluding hydrogens is 1770 g/mol. The molecule has 798 valence electrons. The average molecular weight is 1980 g/mol. The predicted octanol–water partition coefficient (Wildman–Crippen LogP) is 36.8.